The van der Waals surface area contributed by atoms with Gasteiger partial charge in [-0.2, -0.15) is 17.7 Å². The van der Waals surface area contributed by atoms with Gasteiger partial charge in [-0.25, -0.2) is 0 Å². The largest absolute Gasteiger partial charge is 0.389 e. The Kier molecular flexibility index (Phi) is 4.29. The van der Waals surface area contributed by atoms with Crippen molar-refractivity contribution in [1.29, 1.82) is 0 Å². The van der Waals surface area contributed by atoms with Crippen LogP contribution in [0, 0.1) is 0 Å². The van der Waals surface area contributed by atoms with Crippen molar-refractivity contribution in [2.45, 2.75) is 12.2 Å². The summed E-state index contributed by atoms with van der Waals surface area (Å²) >= 11 is 9.79. The van der Waals surface area contributed by atoms with Gasteiger partial charge >= 0.3 is 0 Å². The molecule has 0 amide bonds. The Morgan fingerprint density at radius 1 is 1.28 bits per heavy atom. The number of aromatic nitrogens is 2. The Balaban J connectivity index is 2.35. The maximum absolute atomic E-state index is 9.99. The van der Waals surface area contributed by atoms with Crippen LogP contribution in [-0.4, -0.2) is 32.3 Å². The van der Waals surface area contributed by atoms with Crippen LogP contribution in [0.5, 0.6) is 0 Å². The lowest BCUT2D eigenvalue weighted by atomic mass is 10.0. The molecule has 2 aromatic rings. The SMILES string of the molecule is OC(CS)C(O)c1cn[nH]c1-c1ccc(Cl)cc1. The number of aromatic amines is 1. The van der Waals surface area contributed by atoms with Crippen molar-refractivity contribution in [3.63, 3.8) is 0 Å². The molecule has 4 nitrogen and oxygen atoms in total. The third-order valence-electron chi connectivity index (χ3n) is 2.67. The summed E-state index contributed by atoms with van der Waals surface area (Å²) in [6.07, 6.45) is -0.453. The smallest absolute Gasteiger partial charge is 0.109 e. The van der Waals surface area contributed by atoms with E-state index in [2.05, 4.69) is 22.8 Å². The number of benzene rings is 1. The minimum atomic E-state index is -1.02. The Hall–Kier alpha value is -1.01. The van der Waals surface area contributed by atoms with Crippen LogP contribution in [0.2, 0.25) is 5.02 Å². The van der Waals surface area contributed by atoms with Crippen LogP contribution in [0.4, 0.5) is 0 Å². The Morgan fingerprint density at radius 2 is 1.94 bits per heavy atom. The van der Waals surface area contributed by atoms with Gasteiger partial charge in [0.2, 0.25) is 0 Å². The highest BCUT2D eigenvalue weighted by Gasteiger charge is 2.22. The van der Waals surface area contributed by atoms with Crippen molar-refractivity contribution in [1.82, 2.24) is 10.2 Å². The molecule has 2 unspecified atom stereocenters. The predicted octanol–water partition coefficient (Wildman–Crippen LogP) is 2.05. The molecule has 0 saturated heterocycles. The molecular formula is C12H13ClN2O2S. The van der Waals surface area contributed by atoms with Crippen LogP contribution >= 0.6 is 24.2 Å². The van der Waals surface area contributed by atoms with Gasteiger partial charge in [0.05, 0.1) is 18.0 Å². The van der Waals surface area contributed by atoms with Gasteiger partial charge in [0.1, 0.15) is 6.10 Å². The Bertz CT molecular complexity index is 515. The minimum absolute atomic E-state index is 0.173. The zero-order valence-corrected chi connectivity index (χ0v) is 11.1. The molecule has 0 fully saturated rings. The van der Waals surface area contributed by atoms with Gasteiger partial charge in [-0.15, -0.1) is 0 Å². The molecule has 6 heteroatoms. The van der Waals surface area contributed by atoms with Crippen LogP contribution in [0.25, 0.3) is 11.3 Å². The van der Waals surface area contributed by atoms with Crippen molar-refractivity contribution in [2.75, 3.05) is 5.75 Å². The summed E-state index contributed by atoms with van der Waals surface area (Å²) < 4.78 is 0. The fourth-order valence-electron chi connectivity index (χ4n) is 1.67. The monoisotopic (exact) mass is 284 g/mol. The molecule has 0 bridgehead atoms. The second kappa shape index (κ2) is 5.75. The van der Waals surface area contributed by atoms with Crippen LogP contribution in [0.3, 0.4) is 0 Å². The first-order valence-corrected chi connectivity index (χ1v) is 6.40. The van der Waals surface area contributed by atoms with E-state index in [0.717, 1.165) is 5.56 Å². The summed E-state index contributed by atoms with van der Waals surface area (Å²) in [6, 6.07) is 7.14. The highest BCUT2D eigenvalue weighted by atomic mass is 35.5. The molecule has 0 aliphatic heterocycles. The molecule has 0 spiro atoms. The summed E-state index contributed by atoms with van der Waals surface area (Å²) in [5, 5.41) is 27.0. The first-order valence-electron chi connectivity index (χ1n) is 5.39. The van der Waals surface area contributed by atoms with E-state index in [4.69, 9.17) is 11.6 Å². The predicted molar refractivity (Wildman–Crippen MR) is 73.9 cm³/mol. The zero-order chi connectivity index (χ0) is 13.1. The van der Waals surface area contributed by atoms with E-state index in [-0.39, 0.29) is 5.75 Å². The number of aliphatic hydroxyl groups is 2. The fraction of sp³-hybridized carbons (Fsp3) is 0.250. The number of hydrogen-bond donors (Lipinski definition) is 4. The maximum atomic E-state index is 9.99. The van der Waals surface area contributed by atoms with Crippen molar-refractivity contribution in [3.8, 4) is 11.3 Å². The zero-order valence-electron chi connectivity index (χ0n) is 9.42. The second-order valence-electron chi connectivity index (χ2n) is 3.90. The minimum Gasteiger partial charge on any atom is -0.389 e. The highest BCUT2D eigenvalue weighted by Crippen LogP contribution is 2.28. The summed E-state index contributed by atoms with van der Waals surface area (Å²) in [5.74, 6) is 0.173. The summed E-state index contributed by atoms with van der Waals surface area (Å²) in [4.78, 5) is 0. The van der Waals surface area contributed by atoms with Crippen molar-refractivity contribution >= 4 is 24.2 Å². The van der Waals surface area contributed by atoms with Gasteiger partial charge in [0, 0.05) is 21.9 Å². The molecule has 1 heterocycles. The van der Waals surface area contributed by atoms with Crippen molar-refractivity contribution < 1.29 is 10.2 Å². The van der Waals surface area contributed by atoms with Gasteiger partial charge in [0.15, 0.2) is 0 Å². The average molecular weight is 285 g/mol. The molecule has 3 N–H and O–H groups in total. The molecule has 0 aliphatic rings. The van der Waals surface area contributed by atoms with Crippen LogP contribution < -0.4 is 0 Å². The quantitative estimate of drug-likeness (QED) is 0.650. The summed E-state index contributed by atoms with van der Waals surface area (Å²) in [5.41, 5.74) is 2.05. The first-order chi connectivity index (χ1) is 8.63. The van der Waals surface area contributed by atoms with Gasteiger partial charge in [-0.1, -0.05) is 23.7 Å². The summed E-state index contributed by atoms with van der Waals surface area (Å²) in [7, 11) is 0. The lowest BCUT2D eigenvalue weighted by molar-refractivity contribution is 0.0341. The number of halogens is 1. The first kappa shape index (κ1) is 13.4. The van der Waals surface area contributed by atoms with E-state index in [1.807, 2.05) is 12.1 Å². The number of H-pyrrole nitrogens is 1. The van der Waals surface area contributed by atoms with E-state index < -0.39 is 12.2 Å². The third-order valence-corrected chi connectivity index (χ3v) is 3.30. The lowest BCUT2D eigenvalue weighted by Gasteiger charge is -2.15. The third kappa shape index (κ3) is 2.70. The molecule has 0 radical (unpaired) electrons. The molecule has 1 aromatic carbocycles. The fourth-order valence-corrected chi connectivity index (χ4v) is 2.00. The highest BCUT2D eigenvalue weighted by molar-refractivity contribution is 7.80. The lowest BCUT2D eigenvalue weighted by Crippen LogP contribution is -2.19. The van der Waals surface area contributed by atoms with Gasteiger partial charge in [0.25, 0.3) is 0 Å². The molecule has 0 aliphatic carbocycles. The molecular weight excluding hydrogens is 272 g/mol. The maximum Gasteiger partial charge on any atom is 0.109 e. The number of nitrogens with zero attached hydrogens (tertiary/aromatic N) is 1. The standard InChI is InChI=1S/C12H13ClN2O2S/c13-8-3-1-7(2-4-8)11-9(5-14-15-11)12(17)10(16)6-18/h1-5,10,12,16-18H,6H2,(H,14,15). The normalized spacial score (nSPS) is 14.4. The van der Waals surface area contributed by atoms with Crippen molar-refractivity contribution in [3.05, 3.63) is 41.0 Å². The van der Waals surface area contributed by atoms with Gasteiger partial charge in [-0.05, 0) is 12.1 Å². The van der Waals surface area contributed by atoms with Gasteiger partial charge in [-0.3, -0.25) is 5.10 Å². The van der Waals surface area contributed by atoms with E-state index >= 15 is 0 Å². The number of hydrogen-bond acceptors (Lipinski definition) is 4. The van der Waals surface area contributed by atoms with Crippen LogP contribution in [-0.2, 0) is 0 Å². The molecule has 18 heavy (non-hydrogen) atoms. The Labute approximate surface area is 115 Å². The van der Waals surface area contributed by atoms with E-state index in [0.29, 0.717) is 16.3 Å². The second-order valence-corrected chi connectivity index (χ2v) is 4.70. The van der Waals surface area contributed by atoms with E-state index in [9.17, 15) is 10.2 Å². The number of rotatable bonds is 4. The van der Waals surface area contributed by atoms with Crippen LogP contribution in [0.1, 0.15) is 11.7 Å². The van der Waals surface area contributed by atoms with Gasteiger partial charge < -0.3 is 10.2 Å². The molecule has 2 atom stereocenters. The number of nitrogens with one attached hydrogen (secondary N) is 1. The summed E-state index contributed by atoms with van der Waals surface area (Å²) in [6.45, 7) is 0. The number of aliphatic hydroxyl groups excluding tert-OH is 2. The van der Waals surface area contributed by atoms with E-state index in [1.165, 1.54) is 6.20 Å². The molecule has 2 rings (SSSR count). The Morgan fingerprint density at radius 3 is 2.56 bits per heavy atom. The average Bonchev–Trinajstić information content (AvgIpc) is 2.87. The topological polar surface area (TPSA) is 69.1 Å². The van der Waals surface area contributed by atoms with Crippen molar-refractivity contribution in [2.24, 2.45) is 0 Å². The molecule has 0 saturated carbocycles. The molecule has 1 aromatic heterocycles. The number of thiol groups is 1. The van der Waals surface area contributed by atoms with Crippen LogP contribution in [0.15, 0.2) is 30.5 Å². The molecule has 96 valence electrons. The van der Waals surface area contributed by atoms with E-state index in [1.54, 1.807) is 12.1 Å².